The van der Waals surface area contributed by atoms with Gasteiger partial charge in [0.1, 0.15) is 11.5 Å². The molecule has 2 aromatic carbocycles. The zero-order chi connectivity index (χ0) is 14.7. The highest BCUT2D eigenvalue weighted by molar-refractivity contribution is 6.32. The summed E-state index contributed by atoms with van der Waals surface area (Å²) in [6, 6.07) is 10.3. The van der Waals surface area contributed by atoms with Crippen molar-refractivity contribution in [2.75, 3.05) is 0 Å². The molecule has 0 aliphatic heterocycles. The predicted molar refractivity (Wildman–Crippen MR) is 79.1 cm³/mol. The second-order valence-corrected chi connectivity index (χ2v) is 5.20. The van der Waals surface area contributed by atoms with E-state index in [-0.39, 0.29) is 6.42 Å². The summed E-state index contributed by atoms with van der Waals surface area (Å²) in [4.78, 5) is 10.9. The molecule has 20 heavy (non-hydrogen) atoms. The van der Waals surface area contributed by atoms with Crippen molar-refractivity contribution in [2.45, 2.75) is 13.3 Å². The molecule has 5 heteroatoms. The first kappa shape index (κ1) is 14.7. The average Bonchev–Trinajstić information content (AvgIpc) is 2.34. The third kappa shape index (κ3) is 3.65. The first-order valence-corrected chi connectivity index (χ1v) is 6.65. The molecule has 0 spiro atoms. The summed E-state index contributed by atoms with van der Waals surface area (Å²) in [6.07, 6.45) is -0.167. The zero-order valence-corrected chi connectivity index (χ0v) is 12.2. The number of benzene rings is 2. The Kier molecular flexibility index (Phi) is 4.53. The third-order valence-electron chi connectivity index (χ3n) is 2.67. The summed E-state index contributed by atoms with van der Waals surface area (Å²) in [5.74, 6) is -0.0408. The van der Waals surface area contributed by atoms with E-state index in [2.05, 4.69) is 0 Å². The van der Waals surface area contributed by atoms with Crippen LogP contribution in [-0.4, -0.2) is 11.1 Å². The van der Waals surface area contributed by atoms with Gasteiger partial charge in [0.05, 0.1) is 11.4 Å². The fourth-order valence-corrected chi connectivity index (χ4v) is 2.22. The Morgan fingerprint density at radius 3 is 2.50 bits per heavy atom. The van der Waals surface area contributed by atoms with Gasteiger partial charge in [-0.2, -0.15) is 0 Å². The first-order valence-electron chi connectivity index (χ1n) is 5.90. The van der Waals surface area contributed by atoms with Gasteiger partial charge in [-0.05, 0) is 42.8 Å². The second-order valence-electron chi connectivity index (χ2n) is 4.36. The van der Waals surface area contributed by atoms with E-state index in [9.17, 15) is 4.79 Å². The van der Waals surface area contributed by atoms with Crippen molar-refractivity contribution >= 4 is 29.2 Å². The van der Waals surface area contributed by atoms with Crippen molar-refractivity contribution in [1.29, 1.82) is 0 Å². The molecule has 0 saturated heterocycles. The minimum Gasteiger partial charge on any atom is -0.481 e. The molecule has 0 unspecified atom stereocenters. The van der Waals surface area contributed by atoms with Gasteiger partial charge in [0.15, 0.2) is 0 Å². The molecular formula is C15H12Cl2O3. The van der Waals surface area contributed by atoms with E-state index in [1.165, 1.54) is 0 Å². The minimum atomic E-state index is -0.952. The monoisotopic (exact) mass is 310 g/mol. The Labute approximate surface area is 126 Å². The molecule has 0 saturated carbocycles. The molecule has 0 aliphatic carbocycles. The smallest absolute Gasteiger partial charge is 0.307 e. The van der Waals surface area contributed by atoms with Gasteiger partial charge in [0.2, 0.25) is 0 Å². The Morgan fingerprint density at radius 1 is 1.15 bits per heavy atom. The Bertz CT molecular complexity index is 654. The first-order chi connectivity index (χ1) is 9.45. The number of rotatable bonds is 4. The third-order valence-corrected chi connectivity index (χ3v) is 3.20. The minimum absolute atomic E-state index is 0.167. The van der Waals surface area contributed by atoms with E-state index >= 15 is 0 Å². The highest BCUT2D eigenvalue weighted by atomic mass is 35.5. The van der Waals surface area contributed by atoms with Crippen LogP contribution in [0.3, 0.4) is 0 Å². The van der Waals surface area contributed by atoms with Crippen molar-refractivity contribution < 1.29 is 14.6 Å². The lowest BCUT2D eigenvalue weighted by Crippen LogP contribution is -2.02. The van der Waals surface area contributed by atoms with Crippen molar-refractivity contribution in [3.63, 3.8) is 0 Å². The molecule has 0 atom stereocenters. The molecule has 0 aliphatic rings. The maximum atomic E-state index is 10.9. The number of carboxylic acid groups (broad SMARTS) is 1. The Balaban J connectivity index is 2.35. The molecule has 2 aromatic rings. The average molecular weight is 311 g/mol. The van der Waals surface area contributed by atoms with Crippen molar-refractivity contribution in [1.82, 2.24) is 0 Å². The van der Waals surface area contributed by atoms with E-state index in [1.807, 2.05) is 13.0 Å². The number of aliphatic carboxylic acids is 1. The fraction of sp³-hybridized carbons (Fsp3) is 0.133. The van der Waals surface area contributed by atoms with Gasteiger partial charge in [-0.15, -0.1) is 0 Å². The number of halogens is 2. The van der Waals surface area contributed by atoms with Gasteiger partial charge in [-0.1, -0.05) is 29.3 Å². The lowest BCUT2D eigenvalue weighted by atomic mass is 10.1. The molecular weight excluding hydrogens is 299 g/mol. The van der Waals surface area contributed by atoms with Crippen LogP contribution >= 0.6 is 23.2 Å². The molecule has 3 nitrogen and oxygen atoms in total. The van der Waals surface area contributed by atoms with Crippen LogP contribution in [0.4, 0.5) is 0 Å². The Morgan fingerprint density at radius 2 is 1.85 bits per heavy atom. The number of hydrogen-bond acceptors (Lipinski definition) is 2. The second kappa shape index (κ2) is 6.16. The summed E-state index contributed by atoms with van der Waals surface area (Å²) in [5, 5.41) is 9.85. The van der Waals surface area contributed by atoms with Crippen LogP contribution in [0.1, 0.15) is 11.1 Å². The molecule has 0 amide bonds. The number of ether oxygens (including phenoxy) is 1. The summed E-state index contributed by atoms with van der Waals surface area (Å²) in [6.45, 7) is 1.92. The molecule has 0 bridgehead atoms. The van der Waals surface area contributed by atoms with Gasteiger partial charge < -0.3 is 9.84 Å². The molecule has 0 heterocycles. The Hall–Kier alpha value is -1.71. The van der Waals surface area contributed by atoms with Crippen molar-refractivity contribution in [2.24, 2.45) is 0 Å². The summed E-state index contributed by atoms with van der Waals surface area (Å²) in [7, 11) is 0. The molecule has 0 aromatic heterocycles. The van der Waals surface area contributed by atoms with Crippen LogP contribution in [0.25, 0.3) is 0 Å². The zero-order valence-electron chi connectivity index (χ0n) is 10.7. The van der Waals surface area contributed by atoms with E-state index in [0.29, 0.717) is 27.1 Å². The number of hydrogen-bond donors (Lipinski definition) is 1. The van der Waals surface area contributed by atoms with Gasteiger partial charge in [-0.25, -0.2) is 0 Å². The van der Waals surface area contributed by atoms with Crippen LogP contribution in [0.2, 0.25) is 10.0 Å². The van der Waals surface area contributed by atoms with Crippen molar-refractivity contribution in [3.8, 4) is 11.5 Å². The van der Waals surface area contributed by atoms with Gasteiger partial charge >= 0.3 is 5.97 Å². The maximum Gasteiger partial charge on any atom is 0.307 e. The van der Waals surface area contributed by atoms with Gasteiger partial charge in [-0.3, -0.25) is 4.79 Å². The van der Waals surface area contributed by atoms with Gasteiger partial charge in [0.25, 0.3) is 0 Å². The van der Waals surface area contributed by atoms with Crippen LogP contribution in [0, 0.1) is 6.92 Å². The summed E-state index contributed by atoms with van der Waals surface area (Å²) in [5.41, 5.74) is 1.52. The van der Waals surface area contributed by atoms with E-state index in [1.54, 1.807) is 30.3 Å². The molecule has 1 N–H and O–H groups in total. The summed E-state index contributed by atoms with van der Waals surface area (Å²) >= 11 is 12.0. The van der Waals surface area contributed by atoms with E-state index in [4.69, 9.17) is 33.0 Å². The van der Waals surface area contributed by atoms with E-state index in [0.717, 1.165) is 5.56 Å². The highest BCUT2D eigenvalue weighted by Crippen LogP contribution is 2.33. The van der Waals surface area contributed by atoms with Gasteiger partial charge in [0, 0.05) is 10.6 Å². The number of carbonyl (C=O) groups is 1. The lowest BCUT2D eigenvalue weighted by Gasteiger charge is -2.12. The largest absolute Gasteiger partial charge is 0.481 e. The van der Waals surface area contributed by atoms with Crippen molar-refractivity contribution in [3.05, 3.63) is 57.6 Å². The molecule has 104 valence electrons. The van der Waals surface area contributed by atoms with Crippen LogP contribution in [-0.2, 0) is 11.2 Å². The van der Waals surface area contributed by atoms with E-state index < -0.39 is 5.97 Å². The number of carboxylic acids is 1. The topological polar surface area (TPSA) is 46.5 Å². The molecule has 0 radical (unpaired) electrons. The van der Waals surface area contributed by atoms with Crippen LogP contribution < -0.4 is 4.74 Å². The maximum absolute atomic E-state index is 10.9. The van der Waals surface area contributed by atoms with Crippen LogP contribution in [0.15, 0.2) is 36.4 Å². The normalized spacial score (nSPS) is 10.3. The quantitative estimate of drug-likeness (QED) is 0.888. The summed E-state index contributed by atoms with van der Waals surface area (Å²) < 4.78 is 5.70. The standard InChI is InChI=1S/C15H12Cl2O3/c1-9-2-4-14(12(17)6-9)20-13-5-3-11(16)7-10(13)8-15(18)19/h2-7H,8H2,1H3,(H,18,19). The fourth-order valence-electron chi connectivity index (χ4n) is 1.76. The molecule has 0 fully saturated rings. The lowest BCUT2D eigenvalue weighted by molar-refractivity contribution is -0.136. The van der Waals surface area contributed by atoms with Crippen LogP contribution in [0.5, 0.6) is 11.5 Å². The SMILES string of the molecule is Cc1ccc(Oc2ccc(Cl)cc2CC(=O)O)c(Cl)c1. The predicted octanol–water partition coefficient (Wildman–Crippen LogP) is 4.72. The highest BCUT2D eigenvalue weighted by Gasteiger charge is 2.11. The number of aryl methyl sites for hydroxylation is 1. The molecule has 2 rings (SSSR count).